The van der Waals surface area contributed by atoms with E-state index in [1.165, 1.54) is 12.1 Å². The maximum atomic E-state index is 14.0. The Kier molecular flexibility index (Phi) is 3.63. The Labute approximate surface area is 116 Å². The number of rotatable bonds is 2. The third kappa shape index (κ3) is 2.24. The molecule has 1 N–H and O–H groups in total. The molecule has 0 radical (unpaired) electrons. The number of anilines is 1. The standard InChI is InChI=1S/C11H9BrFNO3S/c12-7-2-1-6(11(16)17)10(9(7)13)14-4-5(18)3-8(14)15/h1-2,5,18H,3-4H2,(H,16,17). The quantitative estimate of drug-likeness (QED) is 0.816. The lowest BCUT2D eigenvalue weighted by atomic mass is 10.1. The minimum Gasteiger partial charge on any atom is -0.478 e. The van der Waals surface area contributed by atoms with Crippen LogP contribution in [-0.2, 0) is 4.79 Å². The van der Waals surface area contributed by atoms with Gasteiger partial charge in [0.25, 0.3) is 0 Å². The van der Waals surface area contributed by atoms with Crippen LogP contribution < -0.4 is 4.90 Å². The third-order valence-corrected chi connectivity index (χ3v) is 3.63. The van der Waals surface area contributed by atoms with Gasteiger partial charge in [-0.3, -0.25) is 4.79 Å². The van der Waals surface area contributed by atoms with Gasteiger partial charge in [-0.25, -0.2) is 9.18 Å². The summed E-state index contributed by atoms with van der Waals surface area (Å²) >= 11 is 7.15. The number of hydrogen-bond acceptors (Lipinski definition) is 3. The summed E-state index contributed by atoms with van der Waals surface area (Å²) in [6.07, 6.45) is 0.175. The highest BCUT2D eigenvalue weighted by molar-refractivity contribution is 9.10. The fourth-order valence-corrected chi connectivity index (χ4v) is 2.52. The molecule has 96 valence electrons. The van der Waals surface area contributed by atoms with E-state index in [2.05, 4.69) is 28.6 Å². The first-order chi connectivity index (χ1) is 8.41. The molecule has 1 heterocycles. The molecule has 0 aromatic heterocycles. The normalized spacial score (nSPS) is 19.4. The van der Waals surface area contributed by atoms with Crippen LogP contribution in [0.3, 0.4) is 0 Å². The molecule has 1 unspecified atom stereocenters. The first kappa shape index (κ1) is 13.4. The first-order valence-corrected chi connectivity index (χ1v) is 6.42. The lowest BCUT2D eigenvalue weighted by Gasteiger charge is -2.19. The molecule has 4 nitrogen and oxygen atoms in total. The van der Waals surface area contributed by atoms with Crippen molar-refractivity contribution in [3.8, 4) is 0 Å². The lowest BCUT2D eigenvalue weighted by Crippen LogP contribution is -2.28. The van der Waals surface area contributed by atoms with Gasteiger partial charge >= 0.3 is 5.97 Å². The summed E-state index contributed by atoms with van der Waals surface area (Å²) < 4.78 is 14.2. The number of amides is 1. The summed E-state index contributed by atoms with van der Waals surface area (Å²) in [4.78, 5) is 24.0. The van der Waals surface area contributed by atoms with Crippen LogP contribution in [0.2, 0.25) is 0 Å². The maximum absolute atomic E-state index is 14.0. The highest BCUT2D eigenvalue weighted by Crippen LogP contribution is 2.33. The number of carbonyl (C=O) groups excluding carboxylic acids is 1. The summed E-state index contributed by atoms with van der Waals surface area (Å²) in [5.74, 6) is -2.34. The van der Waals surface area contributed by atoms with Gasteiger partial charge in [0.2, 0.25) is 5.91 Å². The number of halogens is 2. The van der Waals surface area contributed by atoms with Gasteiger partial charge in [-0.15, -0.1) is 0 Å². The van der Waals surface area contributed by atoms with Gasteiger partial charge in [-0.2, -0.15) is 12.6 Å². The summed E-state index contributed by atoms with van der Waals surface area (Å²) in [5.41, 5.74) is -0.426. The lowest BCUT2D eigenvalue weighted by molar-refractivity contribution is -0.117. The van der Waals surface area contributed by atoms with Crippen molar-refractivity contribution in [1.82, 2.24) is 0 Å². The van der Waals surface area contributed by atoms with Crippen LogP contribution in [-0.4, -0.2) is 28.8 Å². The fourth-order valence-electron chi connectivity index (χ4n) is 1.88. The number of aromatic carboxylic acids is 1. The van der Waals surface area contributed by atoms with Crippen LogP contribution in [0.25, 0.3) is 0 Å². The van der Waals surface area contributed by atoms with Crippen LogP contribution in [0.4, 0.5) is 10.1 Å². The van der Waals surface area contributed by atoms with E-state index in [4.69, 9.17) is 5.11 Å². The van der Waals surface area contributed by atoms with E-state index in [-0.39, 0.29) is 39.8 Å². The second-order valence-corrected chi connectivity index (χ2v) is 5.51. The zero-order chi connectivity index (χ0) is 13.4. The van der Waals surface area contributed by atoms with Crippen molar-refractivity contribution in [1.29, 1.82) is 0 Å². The van der Waals surface area contributed by atoms with Crippen molar-refractivity contribution in [3.05, 3.63) is 28.0 Å². The van der Waals surface area contributed by atoms with Gasteiger partial charge in [0.15, 0.2) is 5.82 Å². The number of nitrogens with zero attached hydrogens (tertiary/aromatic N) is 1. The molecular formula is C11H9BrFNO3S. The monoisotopic (exact) mass is 333 g/mol. The largest absolute Gasteiger partial charge is 0.478 e. The van der Waals surface area contributed by atoms with E-state index in [0.29, 0.717) is 0 Å². The van der Waals surface area contributed by atoms with Gasteiger partial charge in [-0.1, -0.05) is 0 Å². The van der Waals surface area contributed by atoms with E-state index < -0.39 is 11.8 Å². The Balaban J connectivity index is 2.58. The van der Waals surface area contributed by atoms with Gasteiger partial charge < -0.3 is 10.0 Å². The predicted molar refractivity (Wildman–Crippen MR) is 70.8 cm³/mol. The van der Waals surface area contributed by atoms with E-state index in [1.54, 1.807) is 0 Å². The van der Waals surface area contributed by atoms with Gasteiger partial charge in [0, 0.05) is 18.2 Å². The zero-order valence-electron chi connectivity index (χ0n) is 9.06. The second kappa shape index (κ2) is 4.89. The molecule has 1 aliphatic rings. The number of carboxylic acids is 1. The number of carboxylic acid groups (broad SMARTS) is 1. The van der Waals surface area contributed by atoms with E-state index in [1.807, 2.05) is 0 Å². The average Bonchev–Trinajstić information content (AvgIpc) is 2.61. The van der Waals surface area contributed by atoms with Crippen molar-refractivity contribution in [2.24, 2.45) is 0 Å². The SMILES string of the molecule is O=C(O)c1ccc(Br)c(F)c1N1CC(S)CC1=O. The van der Waals surface area contributed by atoms with Crippen LogP contribution in [0.5, 0.6) is 0 Å². The van der Waals surface area contributed by atoms with E-state index in [0.717, 1.165) is 4.90 Å². The van der Waals surface area contributed by atoms with E-state index in [9.17, 15) is 14.0 Å². The number of hydrogen-bond donors (Lipinski definition) is 2. The molecule has 1 saturated heterocycles. The number of thiol groups is 1. The summed E-state index contributed by atoms with van der Waals surface area (Å²) in [6.45, 7) is 0.204. The molecule has 18 heavy (non-hydrogen) atoms. The van der Waals surface area contributed by atoms with Crippen LogP contribution >= 0.6 is 28.6 Å². The smallest absolute Gasteiger partial charge is 0.337 e. The Morgan fingerprint density at radius 1 is 1.56 bits per heavy atom. The predicted octanol–water partition coefficient (Wildman–Crippen LogP) is 2.32. The Morgan fingerprint density at radius 3 is 2.72 bits per heavy atom. The summed E-state index contributed by atoms with van der Waals surface area (Å²) in [6, 6.07) is 2.57. The Hall–Kier alpha value is -1.08. The maximum Gasteiger partial charge on any atom is 0.337 e. The zero-order valence-corrected chi connectivity index (χ0v) is 11.5. The van der Waals surface area contributed by atoms with Crippen molar-refractivity contribution in [3.63, 3.8) is 0 Å². The second-order valence-electron chi connectivity index (χ2n) is 3.92. The minimum absolute atomic E-state index is 0.123. The van der Waals surface area contributed by atoms with Crippen LogP contribution in [0, 0.1) is 5.82 Å². The molecular weight excluding hydrogens is 325 g/mol. The first-order valence-electron chi connectivity index (χ1n) is 5.11. The molecule has 1 atom stereocenters. The summed E-state index contributed by atoms with van der Waals surface area (Å²) in [7, 11) is 0. The van der Waals surface area contributed by atoms with Gasteiger partial charge in [0.05, 0.1) is 15.7 Å². The molecule has 1 aromatic rings. The van der Waals surface area contributed by atoms with Crippen molar-refractivity contribution in [2.45, 2.75) is 11.7 Å². The molecule has 0 aliphatic carbocycles. The molecule has 7 heteroatoms. The minimum atomic E-state index is -1.27. The highest BCUT2D eigenvalue weighted by atomic mass is 79.9. The molecule has 1 aliphatic heterocycles. The molecule has 0 spiro atoms. The topological polar surface area (TPSA) is 57.6 Å². The fraction of sp³-hybridized carbons (Fsp3) is 0.273. The average molecular weight is 334 g/mol. The van der Waals surface area contributed by atoms with Crippen LogP contribution in [0.15, 0.2) is 16.6 Å². The van der Waals surface area contributed by atoms with E-state index >= 15 is 0 Å². The van der Waals surface area contributed by atoms with Crippen LogP contribution in [0.1, 0.15) is 16.8 Å². The molecule has 1 fully saturated rings. The number of benzene rings is 1. The van der Waals surface area contributed by atoms with Crippen molar-refractivity contribution in [2.75, 3.05) is 11.4 Å². The van der Waals surface area contributed by atoms with Crippen molar-refractivity contribution >= 4 is 46.1 Å². The molecule has 2 rings (SSSR count). The van der Waals surface area contributed by atoms with Gasteiger partial charge in [-0.05, 0) is 28.1 Å². The number of carbonyl (C=O) groups is 2. The third-order valence-electron chi connectivity index (χ3n) is 2.67. The molecule has 1 amide bonds. The Bertz CT molecular complexity index is 537. The van der Waals surface area contributed by atoms with Crippen molar-refractivity contribution < 1.29 is 19.1 Å². The molecule has 0 saturated carbocycles. The Morgan fingerprint density at radius 2 is 2.22 bits per heavy atom. The van der Waals surface area contributed by atoms with Gasteiger partial charge in [0.1, 0.15) is 0 Å². The highest BCUT2D eigenvalue weighted by Gasteiger charge is 2.33. The molecule has 0 bridgehead atoms. The summed E-state index contributed by atoms with van der Waals surface area (Å²) in [5, 5.41) is 8.84. The molecule has 1 aromatic carbocycles.